The number of aromatic nitrogens is 2. The molecule has 1 heterocycles. The molecule has 3 aromatic rings. The van der Waals surface area contributed by atoms with Crippen LogP contribution in [0.3, 0.4) is 0 Å². The maximum Gasteiger partial charge on any atom is 0.268 e. The van der Waals surface area contributed by atoms with Gasteiger partial charge in [0.1, 0.15) is 17.9 Å². The largest absolute Gasteiger partial charge is 0.489 e. The summed E-state index contributed by atoms with van der Waals surface area (Å²) < 4.78 is 24.0. The van der Waals surface area contributed by atoms with Crippen molar-refractivity contribution in [3.8, 4) is 23.4 Å². The van der Waals surface area contributed by atoms with Crippen molar-refractivity contribution >= 4 is 11.5 Å². The predicted octanol–water partition coefficient (Wildman–Crippen LogP) is 4.03. The van der Waals surface area contributed by atoms with Crippen LogP contribution in [0.5, 0.6) is 17.4 Å². The molecule has 0 aliphatic heterocycles. The Kier molecular flexibility index (Phi) is 4.72. The van der Waals surface area contributed by atoms with Gasteiger partial charge in [0.15, 0.2) is 5.82 Å². The van der Waals surface area contributed by atoms with Crippen LogP contribution in [0.1, 0.15) is 5.56 Å². The van der Waals surface area contributed by atoms with Gasteiger partial charge in [0.05, 0.1) is 18.7 Å². The zero-order valence-corrected chi connectivity index (χ0v) is 13.2. The molecular formula is C18H13FN4O2. The minimum absolute atomic E-state index is 0.195. The standard InChI is InChI=1S/C18H13FN4O2/c1-24-16-17(23-14-6-2-12(10-20)3-7-14)21-11-22-18(16)25-15-8-4-13(19)5-9-15/h2-9,11H,1H3,(H,21,22,23). The summed E-state index contributed by atoms with van der Waals surface area (Å²) in [4.78, 5) is 8.21. The molecule has 0 aliphatic rings. The molecule has 124 valence electrons. The molecule has 0 unspecified atom stereocenters. The first kappa shape index (κ1) is 16.2. The Bertz CT molecular complexity index is 906. The third kappa shape index (κ3) is 3.82. The van der Waals surface area contributed by atoms with Crippen LogP contribution >= 0.6 is 0 Å². The predicted molar refractivity (Wildman–Crippen MR) is 89.5 cm³/mol. The van der Waals surface area contributed by atoms with E-state index in [-0.39, 0.29) is 11.7 Å². The average Bonchev–Trinajstić information content (AvgIpc) is 2.64. The fourth-order valence-electron chi connectivity index (χ4n) is 2.08. The minimum Gasteiger partial charge on any atom is -0.489 e. The number of rotatable bonds is 5. The van der Waals surface area contributed by atoms with Crippen LogP contribution in [-0.2, 0) is 0 Å². The Morgan fingerprint density at radius 1 is 1.04 bits per heavy atom. The van der Waals surface area contributed by atoms with Crippen LogP contribution in [0.4, 0.5) is 15.9 Å². The quantitative estimate of drug-likeness (QED) is 0.757. The van der Waals surface area contributed by atoms with Crippen LogP contribution in [0.25, 0.3) is 0 Å². The molecule has 3 rings (SSSR count). The van der Waals surface area contributed by atoms with Crippen LogP contribution in [-0.4, -0.2) is 17.1 Å². The second kappa shape index (κ2) is 7.27. The van der Waals surface area contributed by atoms with Crippen molar-refractivity contribution in [2.75, 3.05) is 12.4 Å². The molecule has 1 N–H and O–H groups in total. The summed E-state index contributed by atoms with van der Waals surface area (Å²) in [5.41, 5.74) is 1.28. The van der Waals surface area contributed by atoms with Crippen LogP contribution < -0.4 is 14.8 Å². The van der Waals surface area contributed by atoms with E-state index in [2.05, 4.69) is 21.4 Å². The van der Waals surface area contributed by atoms with Gasteiger partial charge < -0.3 is 14.8 Å². The lowest BCUT2D eigenvalue weighted by Crippen LogP contribution is -2.01. The number of nitrogens with zero attached hydrogens (tertiary/aromatic N) is 3. The fourth-order valence-corrected chi connectivity index (χ4v) is 2.08. The number of nitriles is 1. The lowest BCUT2D eigenvalue weighted by atomic mass is 10.2. The maximum absolute atomic E-state index is 13.0. The van der Waals surface area contributed by atoms with E-state index in [0.717, 1.165) is 5.69 Å². The van der Waals surface area contributed by atoms with E-state index >= 15 is 0 Å². The number of anilines is 2. The third-order valence-corrected chi connectivity index (χ3v) is 3.28. The van der Waals surface area contributed by atoms with Crippen molar-refractivity contribution < 1.29 is 13.9 Å². The van der Waals surface area contributed by atoms with Crippen molar-refractivity contribution in [3.63, 3.8) is 0 Å². The molecule has 2 aromatic carbocycles. The Labute approximate surface area is 143 Å². The van der Waals surface area contributed by atoms with Gasteiger partial charge in [-0.2, -0.15) is 10.2 Å². The summed E-state index contributed by atoms with van der Waals surface area (Å²) in [7, 11) is 1.47. The number of hydrogen-bond donors (Lipinski definition) is 1. The second-order valence-corrected chi connectivity index (χ2v) is 4.93. The molecule has 7 heteroatoms. The Hall–Kier alpha value is -3.66. The Morgan fingerprint density at radius 3 is 2.40 bits per heavy atom. The number of methoxy groups -OCH3 is 1. The number of benzene rings is 2. The molecule has 0 amide bonds. The summed E-state index contributed by atoms with van der Waals surface area (Å²) >= 11 is 0. The normalized spacial score (nSPS) is 9.96. The molecule has 0 bridgehead atoms. The van der Waals surface area contributed by atoms with Crippen molar-refractivity contribution in [1.82, 2.24) is 9.97 Å². The summed E-state index contributed by atoms with van der Waals surface area (Å²) in [6.45, 7) is 0. The number of ether oxygens (including phenoxy) is 2. The van der Waals surface area contributed by atoms with Crippen molar-refractivity contribution in [2.45, 2.75) is 0 Å². The highest BCUT2D eigenvalue weighted by molar-refractivity contribution is 5.65. The first-order chi connectivity index (χ1) is 12.2. The second-order valence-electron chi connectivity index (χ2n) is 4.93. The van der Waals surface area contributed by atoms with Gasteiger partial charge in [0.25, 0.3) is 5.88 Å². The first-order valence-corrected chi connectivity index (χ1v) is 7.29. The zero-order chi connectivity index (χ0) is 17.6. The molecule has 0 saturated heterocycles. The third-order valence-electron chi connectivity index (χ3n) is 3.28. The van der Waals surface area contributed by atoms with Crippen LogP contribution in [0.2, 0.25) is 0 Å². The molecule has 0 saturated carbocycles. The van der Waals surface area contributed by atoms with Gasteiger partial charge in [0.2, 0.25) is 5.75 Å². The van der Waals surface area contributed by atoms with Crippen LogP contribution in [0, 0.1) is 17.1 Å². The number of nitrogens with one attached hydrogen (secondary N) is 1. The van der Waals surface area contributed by atoms with Gasteiger partial charge in [-0.1, -0.05) is 0 Å². The molecule has 0 spiro atoms. The topological polar surface area (TPSA) is 80.1 Å². The Balaban J connectivity index is 1.87. The molecule has 0 radical (unpaired) electrons. The van der Waals surface area contributed by atoms with Gasteiger partial charge >= 0.3 is 0 Å². The molecule has 0 atom stereocenters. The highest BCUT2D eigenvalue weighted by Gasteiger charge is 2.15. The van der Waals surface area contributed by atoms with Gasteiger partial charge in [-0.3, -0.25) is 0 Å². The number of halogens is 1. The van der Waals surface area contributed by atoms with Crippen molar-refractivity contribution in [2.24, 2.45) is 0 Å². The summed E-state index contributed by atoms with van der Waals surface area (Å²) in [5.74, 6) is 0.962. The minimum atomic E-state index is -0.356. The molecule has 25 heavy (non-hydrogen) atoms. The summed E-state index contributed by atoms with van der Waals surface area (Å²) in [6, 6.07) is 14.5. The summed E-state index contributed by atoms with van der Waals surface area (Å²) in [5, 5.41) is 11.9. The van der Waals surface area contributed by atoms with E-state index in [0.29, 0.717) is 22.9 Å². The van der Waals surface area contributed by atoms with Crippen LogP contribution in [0.15, 0.2) is 54.9 Å². The lowest BCUT2D eigenvalue weighted by molar-refractivity contribution is 0.369. The smallest absolute Gasteiger partial charge is 0.268 e. The molecular weight excluding hydrogens is 323 g/mol. The van der Waals surface area contributed by atoms with E-state index < -0.39 is 0 Å². The highest BCUT2D eigenvalue weighted by atomic mass is 19.1. The maximum atomic E-state index is 13.0. The molecule has 1 aromatic heterocycles. The SMILES string of the molecule is COc1c(Nc2ccc(C#N)cc2)ncnc1Oc1ccc(F)cc1. The zero-order valence-electron chi connectivity index (χ0n) is 13.2. The molecule has 0 fully saturated rings. The van der Waals surface area contributed by atoms with Gasteiger partial charge in [0, 0.05) is 5.69 Å². The van der Waals surface area contributed by atoms with Crippen molar-refractivity contribution in [1.29, 1.82) is 5.26 Å². The first-order valence-electron chi connectivity index (χ1n) is 7.29. The van der Waals surface area contributed by atoms with E-state index in [1.807, 2.05) is 0 Å². The fraction of sp³-hybridized carbons (Fsp3) is 0.0556. The average molecular weight is 336 g/mol. The Morgan fingerprint density at radius 2 is 1.76 bits per heavy atom. The van der Waals surface area contributed by atoms with Gasteiger partial charge in [-0.05, 0) is 48.5 Å². The van der Waals surface area contributed by atoms with E-state index in [9.17, 15) is 4.39 Å². The van der Waals surface area contributed by atoms with Gasteiger partial charge in [-0.25, -0.2) is 9.37 Å². The van der Waals surface area contributed by atoms with E-state index in [1.54, 1.807) is 24.3 Å². The molecule has 0 aliphatic carbocycles. The van der Waals surface area contributed by atoms with Crippen molar-refractivity contribution in [3.05, 3.63) is 66.2 Å². The number of hydrogen-bond acceptors (Lipinski definition) is 6. The summed E-state index contributed by atoms with van der Waals surface area (Å²) in [6.07, 6.45) is 1.33. The lowest BCUT2D eigenvalue weighted by Gasteiger charge is -2.13. The van der Waals surface area contributed by atoms with Gasteiger partial charge in [-0.15, -0.1) is 0 Å². The molecule has 6 nitrogen and oxygen atoms in total. The highest BCUT2D eigenvalue weighted by Crippen LogP contribution is 2.35. The van der Waals surface area contributed by atoms with E-state index in [1.165, 1.54) is 37.7 Å². The van der Waals surface area contributed by atoms with E-state index in [4.69, 9.17) is 14.7 Å². The monoisotopic (exact) mass is 336 g/mol.